The molecule has 0 aliphatic carbocycles. The highest BCUT2D eigenvalue weighted by Gasteiger charge is 2.27. The van der Waals surface area contributed by atoms with Crippen LogP contribution in [0.5, 0.6) is 0 Å². The van der Waals surface area contributed by atoms with Crippen LogP contribution in [0.15, 0.2) is 104 Å². The molecule has 9 heteroatoms. The van der Waals surface area contributed by atoms with Gasteiger partial charge >= 0.3 is 0 Å². The van der Waals surface area contributed by atoms with E-state index in [-0.39, 0.29) is 49.2 Å². The van der Waals surface area contributed by atoms with E-state index in [1.165, 1.54) is 11.3 Å². The van der Waals surface area contributed by atoms with Gasteiger partial charge in [0.25, 0.3) is 5.91 Å². The Morgan fingerprint density at radius 2 is 1.51 bits per heavy atom. The normalized spacial score (nSPS) is 15.0. The second-order valence-electron chi connectivity index (χ2n) is 8.62. The topological polar surface area (TPSA) is 53.4 Å². The van der Waals surface area contributed by atoms with Gasteiger partial charge in [0.05, 0.1) is 6.33 Å². The first-order valence-electron chi connectivity index (χ1n) is 11.7. The van der Waals surface area contributed by atoms with Crippen molar-refractivity contribution < 1.29 is 4.79 Å². The van der Waals surface area contributed by atoms with Crippen LogP contribution >= 0.6 is 37.2 Å². The fourth-order valence-electron chi connectivity index (χ4n) is 4.50. The summed E-state index contributed by atoms with van der Waals surface area (Å²) >= 11 is 0. The average molecular weight is 561 g/mol. The van der Waals surface area contributed by atoms with Crippen LogP contribution in [0.3, 0.4) is 0 Å². The number of rotatable bonds is 7. The largest absolute Gasteiger partial charge is 0.369 e. The molecule has 0 spiro atoms. The molecule has 2 heterocycles. The van der Waals surface area contributed by atoms with Crippen molar-refractivity contribution >= 4 is 48.8 Å². The number of hydrogen-bond donors (Lipinski definition) is 1. The van der Waals surface area contributed by atoms with Gasteiger partial charge < -0.3 is 14.8 Å². The first-order valence-corrected chi connectivity index (χ1v) is 11.7. The summed E-state index contributed by atoms with van der Waals surface area (Å²) in [5.41, 5.74) is 4.17. The van der Waals surface area contributed by atoms with Crippen molar-refractivity contribution in [1.29, 1.82) is 0 Å². The van der Waals surface area contributed by atoms with Gasteiger partial charge in [0.1, 0.15) is 0 Å². The first-order chi connectivity index (χ1) is 16.8. The molecule has 0 bridgehead atoms. The number of halogens is 3. The van der Waals surface area contributed by atoms with E-state index >= 15 is 0 Å². The molecule has 1 aromatic heterocycles. The maximum Gasteiger partial charge on any atom is 0.251 e. The Kier molecular flexibility index (Phi) is 12.0. The zero-order valence-electron chi connectivity index (χ0n) is 20.3. The van der Waals surface area contributed by atoms with E-state index < -0.39 is 0 Å². The maximum atomic E-state index is 12.9. The Morgan fingerprint density at radius 1 is 0.838 bits per heavy atom. The lowest BCUT2D eigenvalue weighted by molar-refractivity contribution is 0.0924. The Hall–Kier alpha value is -3.03. The second kappa shape index (κ2) is 14.6. The number of anilines is 1. The van der Waals surface area contributed by atoms with Gasteiger partial charge in [0.15, 0.2) is 0 Å². The smallest absolute Gasteiger partial charge is 0.251 e. The van der Waals surface area contributed by atoms with Gasteiger partial charge in [-0.2, -0.15) is 0 Å². The molecule has 1 amide bonds. The molecule has 1 atom stereocenters. The van der Waals surface area contributed by atoms with Crippen molar-refractivity contribution in [3.8, 4) is 5.69 Å². The molecule has 37 heavy (non-hydrogen) atoms. The summed E-state index contributed by atoms with van der Waals surface area (Å²) in [5.74, 6) is -0.0475. The molecule has 6 nitrogen and oxygen atoms in total. The predicted octanol–water partition coefficient (Wildman–Crippen LogP) is 5.26. The minimum Gasteiger partial charge on any atom is -0.369 e. The molecule has 1 fully saturated rings. The summed E-state index contributed by atoms with van der Waals surface area (Å²) in [5, 5.41) is 3.18. The standard InChI is InChI=1S/C28H29N5O.3ClH/c34-28(24-11-13-26(14-12-24)33-16-15-29-22-33)30-19-27-21-32(25-9-5-2-6-10-25)18-17-31(27)20-23-7-3-1-4-8-23;;;/h1-16,22,27H,17-21H2,(H,30,34);3*1H. The number of piperazine rings is 1. The van der Waals surface area contributed by atoms with Gasteiger partial charge in [-0.25, -0.2) is 4.98 Å². The number of carbonyl (C=O) groups is 1. The third-order valence-corrected chi connectivity index (χ3v) is 6.38. The van der Waals surface area contributed by atoms with Crippen LogP contribution in [0.25, 0.3) is 5.69 Å². The third-order valence-electron chi connectivity index (χ3n) is 6.38. The van der Waals surface area contributed by atoms with E-state index in [1.807, 2.05) is 47.2 Å². The van der Waals surface area contributed by atoms with E-state index in [0.717, 1.165) is 31.9 Å². The molecule has 3 aromatic carbocycles. The number of amides is 1. The lowest BCUT2D eigenvalue weighted by atomic mass is 10.1. The van der Waals surface area contributed by atoms with Crippen molar-refractivity contribution in [2.75, 3.05) is 31.1 Å². The maximum absolute atomic E-state index is 12.9. The number of carbonyl (C=O) groups excluding carboxylic acids is 1. The Labute approximate surface area is 236 Å². The number of imidazole rings is 1. The first kappa shape index (κ1) is 30.2. The van der Waals surface area contributed by atoms with Gasteiger partial charge in [-0.15, -0.1) is 37.2 Å². The molecule has 0 saturated carbocycles. The van der Waals surface area contributed by atoms with Crippen LogP contribution < -0.4 is 10.2 Å². The summed E-state index contributed by atoms with van der Waals surface area (Å²) in [6, 6.07) is 28.9. The van der Waals surface area contributed by atoms with Gasteiger partial charge in [0, 0.05) is 68.1 Å². The van der Waals surface area contributed by atoms with E-state index in [0.29, 0.717) is 12.1 Å². The highest BCUT2D eigenvalue weighted by Crippen LogP contribution is 2.20. The Bertz CT molecular complexity index is 1190. The molecular weight excluding hydrogens is 529 g/mol. The minimum atomic E-state index is -0.0475. The molecule has 5 rings (SSSR count). The van der Waals surface area contributed by atoms with Crippen molar-refractivity contribution in [3.05, 3.63) is 115 Å². The molecule has 1 aliphatic heterocycles. The molecule has 196 valence electrons. The zero-order valence-corrected chi connectivity index (χ0v) is 22.8. The summed E-state index contributed by atoms with van der Waals surface area (Å²) < 4.78 is 1.92. The lowest BCUT2D eigenvalue weighted by Gasteiger charge is -2.42. The number of hydrogen-bond acceptors (Lipinski definition) is 4. The monoisotopic (exact) mass is 559 g/mol. The third kappa shape index (κ3) is 7.73. The van der Waals surface area contributed by atoms with Crippen LogP contribution in [0.4, 0.5) is 5.69 Å². The number of benzene rings is 3. The number of nitrogens with zero attached hydrogens (tertiary/aromatic N) is 4. The molecule has 0 radical (unpaired) electrons. The Balaban J connectivity index is 0.00000160. The van der Waals surface area contributed by atoms with E-state index in [9.17, 15) is 4.79 Å². The van der Waals surface area contributed by atoms with Crippen molar-refractivity contribution in [3.63, 3.8) is 0 Å². The lowest BCUT2D eigenvalue weighted by Crippen LogP contribution is -2.56. The van der Waals surface area contributed by atoms with Crippen LogP contribution in [0.2, 0.25) is 0 Å². The highest BCUT2D eigenvalue weighted by molar-refractivity contribution is 5.94. The predicted molar refractivity (Wildman–Crippen MR) is 157 cm³/mol. The van der Waals surface area contributed by atoms with E-state index in [1.54, 1.807) is 12.5 Å². The Morgan fingerprint density at radius 3 is 2.16 bits per heavy atom. The fourth-order valence-corrected chi connectivity index (χ4v) is 4.50. The quantitative estimate of drug-likeness (QED) is 0.335. The molecule has 1 N–H and O–H groups in total. The molecule has 1 unspecified atom stereocenters. The van der Waals surface area contributed by atoms with E-state index in [2.05, 4.69) is 68.6 Å². The van der Waals surface area contributed by atoms with Crippen LogP contribution in [0.1, 0.15) is 15.9 Å². The van der Waals surface area contributed by atoms with Crippen LogP contribution in [-0.2, 0) is 6.54 Å². The van der Waals surface area contributed by atoms with Crippen molar-refractivity contribution in [2.45, 2.75) is 12.6 Å². The summed E-state index contributed by atoms with van der Waals surface area (Å²) in [7, 11) is 0. The molecule has 1 saturated heterocycles. The van der Waals surface area contributed by atoms with E-state index in [4.69, 9.17) is 0 Å². The average Bonchev–Trinajstić information content (AvgIpc) is 3.44. The molecule has 4 aromatic rings. The van der Waals surface area contributed by atoms with Crippen LogP contribution in [0, 0.1) is 0 Å². The number of nitrogens with one attached hydrogen (secondary N) is 1. The van der Waals surface area contributed by atoms with Gasteiger partial charge in [-0.05, 0) is 42.0 Å². The van der Waals surface area contributed by atoms with Crippen molar-refractivity contribution in [1.82, 2.24) is 19.8 Å². The minimum absolute atomic E-state index is 0. The number of para-hydroxylation sites is 1. The van der Waals surface area contributed by atoms with Gasteiger partial charge in [-0.1, -0.05) is 48.5 Å². The molecule has 1 aliphatic rings. The SMILES string of the molecule is Cl.Cl.Cl.O=C(NCC1CN(c2ccccc2)CCN1Cc1ccccc1)c1ccc(-n2ccnc2)cc1. The van der Waals surface area contributed by atoms with Crippen molar-refractivity contribution in [2.24, 2.45) is 0 Å². The summed E-state index contributed by atoms with van der Waals surface area (Å²) in [6.07, 6.45) is 5.38. The summed E-state index contributed by atoms with van der Waals surface area (Å²) in [4.78, 5) is 21.9. The second-order valence-corrected chi connectivity index (χ2v) is 8.62. The van der Waals surface area contributed by atoms with Gasteiger partial charge in [0.2, 0.25) is 0 Å². The number of aromatic nitrogens is 2. The summed E-state index contributed by atoms with van der Waals surface area (Å²) in [6.45, 7) is 4.26. The highest BCUT2D eigenvalue weighted by atomic mass is 35.5. The zero-order chi connectivity index (χ0) is 23.2. The van der Waals surface area contributed by atoms with Crippen LogP contribution in [-0.4, -0.2) is 52.6 Å². The van der Waals surface area contributed by atoms with Gasteiger partial charge in [-0.3, -0.25) is 9.69 Å². The molecular formula is C28H32Cl3N5O. The fraction of sp³-hybridized carbons (Fsp3) is 0.214.